The summed E-state index contributed by atoms with van der Waals surface area (Å²) in [5.41, 5.74) is 0. The number of hydrogen-bond donors (Lipinski definition) is 12. The number of rotatable bonds is 48. The van der Waals surface area contributed by atoms with E-state index in [-0.39, 0.29) is 18.9 Å². The van der Waals surface area contributed by atoms with Gasteiger partial charge in [0.2, 0.25) is 5.91 Å². The molecule has 3 saturated heterocycles. The zero-order valence-corrected chi connectivity index (χ0v) is 50.7. The molecule has 3 aliphatic rings. The first-order chi connectivity index (χ1) is 40.3. The van der Waals surface area contributed by atoms with Crippen LogP contribution < -0.4 is 5.32 Å². The fourth-order valence-electron chi connectivity index (χ4n) is 10.8. The predicted octanol–water partition coefficient (Wildman–Crippen LogP) is 7.04. The van der Waals surface area contributed by atoms with Crippen LogP contribution in [0.15, 0.2) is 48.6 Å². The maximum Gasteiger partial charge on any atom is 0.220 e. The van der Waals surface area contributed by atoms with Crippen molar-refractivity contribution in [3.63, 3.8) is 0 Å². The predicted molar refractivity (Wildman–Crippen MR) is 319 cm³/mol. The molecule has 19 heteroatoms. The number of aliphatic hydroxyl groups is 11. The second-order valence-electron chi connectivity index (χ2n) is 23.2. The maximum atomic E-state index is 13.4. The zero-order valence-electron chi connectivity index (χ0n) is 50.7. The Labute approximate surface area is 497 Å². The van der Waals surface area contributed by atoms with Gasteiger partial charge in [0.05, 0.1) is 38.6 Å². The fraction of sp³-hybridized carbons (Fsp3) is 0.859. The van der Waals surface area contributed by atoms with Gasteiger partial charge in [0.25, 0.3) is 0 Å². The maximum absolute atomic E-state index is 13.4. The van der Waals surface area contributed by atoms with Crippen LogP contribution in [-0.2, 0) is 33.2 Å². The molecule has 3 fully saturated rings. The molecule has 0 aromatic rings. The minimum Gasteiger partial charge on any atom is -0.394 e. The highest BCUT2D eigenvalue weighted by atomic mass is 16.8. The highest BCUT2D eigenvalue weighted by Gasteiger charge is 2.53. The molecule has 3 rings (SSSR count). The quantitative estimate of drug-likeness (QED) is 0.0215. The number of amides is 1. The third-order valence-electron chi connectivity index (χ3n) is 16.1. The lowest BCUT2D eigenvalue weighted by Gasteiger charge is -2.48. The van der Waals surface area contributed by atoms with Crippen LogP contribution in [0.5, 0.6) is 0 Å². The van der Waals surface area contributed by atoms with Crippen molar-refractivity contribution in [3.8, 4) is 0 Å². The van der Waals surface area contributed by atoms with Gasteiger partial charge in [-0.15, -0.1) is 0 Å². The highest BCUT2D eigenvalue weighted by molar-refractivity contribution is 5.76. The molecule has 12 N–H and O–H groups in total. The molecule has 0 saturated carbocycles. The molecule has 83 heavy (non-hydrogen) atoms. The fourth-order valence-corrected chi connectivity index (χ4v) is 10.8. The Balaban J connectivity index is 1.49. The molecule has 19 nitrogen and oxygen atoms in total. The average Bonchev–Trinajstić information content (AvgIpc) is 3.43. The summed E-state index contributed by atoms with van der Waals surface area (Å²) in [6, 6.07) is -0.993. The lowest BCUT2D eigenvalue weighted by molar-refractivity contribution is -0.379. The van der Waals surface area contributed by atoms with Crippen molar-refractivity contribution >= 4 is 5.91 Å². The van der Waals surface area contributed by atoms with Gasteiger partial charge in [0.1, 0.15) is 73.2 Å². The van der Waals surface area contributed by atoms with Crippen LogP contribution >= 0.6 is 0 Å². The molecule has 0 aromatic heterocycles. The first-order valence-corrected chi connectivity index (χ1v) is 32.4. The van der Waals surface area contributed by atoms with Crippen LogP contribution in [0.3, 0.4) is 0 Å². The summed E-state index contributed by atoms with van der Waals surface area (Å²) in [7, 11) is 0. The smallest absolute Gasteiger partial charge is 0.220 e. The van der Waals surface area contributed by atoms with Crippen molar-refractivity contribution in [2.24, 2.45) is 0 Å². The Hall–Kier alpha value is -2.25. The van der Waals surface area contributed by atoms with Crippen molar-refractivity contribution in [2.75, 3.05) is 26.4 Å². The molecule has 1 amide bonds. The van der Waals surface area contributed by atoms with Gasteiger partial charge in [-0.2, -0.15) is 0 Å². The van der Waals surface area contributed by atoms with E-state index in [0.717, 1.165) is 57.8 Å². The summed E-state index contributed by atoms with van der Waals surface area (Å²) in [6.07, 6.45) is 26.5. The van der Waals surface area contributed by atoms with E-state index in [1.165, 1.54) is 128 Å². The van der Waals surface area contributed by atoms with Crippen LogP contribution in [0.2, 0.25) is 0 Å². The molecule has 0 radical (unpaired) electrons. The van der Waals surface area contributed by atoms with Crippen LogP contribution in [0.25, 0.3) is 0 Å². The summed E-state index contributed by atoms with van der Waals surface area (Å²) in [4.78, 5) is 13.4. The number of aliphatic hydroxyl groups excluding tert-OH is 11. The van der Waals surface area contributed by atoms with E-state index < -0.39 is 124 Å². The Morgan fingerprint density at radius 3 is 1.30 bits per heavy atom. The summed E-state index contributed by atoms with van der Waals surface area (Å²) < 4.78 is 34.3. The van der Waals surface area contributed by atoms with Crippen molar-refractivity contribution in [3.05, 3.63) is 48.6 Å². The average molecular weight is 1190 g/mol. The molecule has 17 unspecified atom stereocenters. The van der Waals surface area contributed by atoms with E-state index in [1.807, 2.05) is 6.08 Å². The molecule has 0 spiro atoms. The normalized spacial score (nSPS) is 29.7. The lowest BCUT2D eigenvalue weighted by atomic mass is 9.96. The molecule has 3 aliphatic heterocycles. The summed E-state index contributed by atoms with van der Waals surface area (Å²) in [6.45, 7) is 1.68. The first kappa shape index (κ1) is 75.0. The molecule has 484 valence electrons. The van der Waals surface area contributed by atoms with Crippen molar-refractivity contribution in [1.82, 2.24) is 5.32 Å². The number of carbonyl (C=O) groups is 1. The van der Waals surface area contributed by atoms with Crippen LogP contribution in [-0.4, -0.2) is 193 Å². The molecular weight excluding hydrogens is 1070 g/mol. The Morgan fingerprint density at radius 2 is 0.807 bits per heavy atom. The summed E-state index contributed by atoms with van der Waals surface area (Å²) in [5, 5.41) is 120. The number of nitrogens with one attached hydrogen (secondary N) is 1. The highest BCUT2D eigenvalue weighted by Crippen LogP contribution is 2.33. The topological polar surface area (TPSA) is 307 Å². The van der Waals surface area contributed by atoms with Crippen LogP contribution in [0.4, 0.5) is 0 Å². The monoisotopic (exact) mass is 1190 g/mol. The van der Waals surface area contributed by atoms with E-state index in [1.54, 1.807) is 6.08 Å². The molecule has 17 atom stereocenters. The SMILES string of the molecule is CCCCC/C=C\C/C=C\CCCCCCCCCCCC(=O)NC(COC1OC(CO)C(OC2OC(CO)C(OC3OC(CO)C(O)C(O)C3O)C(O)C2O)C(O)C1O)C(O)/C=C/CC/C=C/CCCCCCCCCCCCCCC. The Bertz CT molecular complexity index is 1700. The second-order valence-corrected chi connectivity index (χ2v) is 23.2. The van der Waals surface area contributed by atoms with Gasteiger partial charge in [-0.3, -0.25) is 4.79 Å². The van der Waals surface area contributed by atoms with Crippen molar-refractivity contribution in [1.29, 1.82) is 0 Å². The standard InChI is InChI=1S/C64H115NO18/c1-3-5-7-9-11-13-15-17-19-21-23-25-27-29-31-33-35-37-39-41-48(69)47(65-52(70)42-40-38-36-34-32-30-28-26-24-22-20-18-16-14-12-10-8-6-4-2)46-78-62-58(76)55(73)60(50(44-67)80-62)83-64-59(77)56(74)61(51(45-68)81-64)82-63-57(75)54(72)53(71)49(43-66)79-63/h12,14,18,20,31,33,39,41,47-51,53-64,66-69,71-77H,3-11,13,15-17,19,21-30,32,34-38,40,42-46H2,1-2H3,(H,65,70)/b14-12-,20-18-,33-31+,41-39+. The Morgan fingerprint density at radius 1 is 0.434 bits per heavy atom. The van der Waals surface area contributed by atoms with Gasteiger partial charge in [0.15, 0.2) is 18.9 Å². The van der Waals surface area contributed by atoms with E-state index >= 15 is 0 Å². The summed E-state index contributed by atoms with van der Waals surface area (Å²) in [5.74, 6) is -0.290. The van der Waals surface area contributed by atoms with Crippen molar-refractivity contribution < 1.29 is 89.4 Å². The minimum absolute atomic E-state index is 0.230. The van der Waals surface area contributed by atoms with Gasteiger partial charge < -0.3 is 89.9 Å². The van der Waals surface area contributed by atoms with Gasteiger partial charge >= 0.3 is 0 Å². The number of allylic oxidation sites excluding steroid dienone is 7. The number of carbonyl (C=O) groups excluding carboxylic acids is 1. The first-order valence-electron chi connectivity index (χ1n) is 32.4. The lowest BCUT2D eigenvalue weighted by Crippen LogP contribution is -2.66. The van der Waals surface area contributed by atoms with Crippen LogP contribution in [0.1, 0.15) is 219 Å². The molecular formula is C64H115NO18. The van der Waals surface area contributed by atoms with Gasteiger partial charge in [0, 0.05) is 6.42 Å². The molecule has 0 bridgehead atoms. The second kappa shape index (κ2) is 46.8. The van der Waals surface area contributed by atoms with Gasteiger partial charge in [-0.1, -0.05) is 197 Å². The minimum atomic E-state index is -1.98. The zero-order chi connectivity index (χ0) is 60.5. The molecule has 3 heterocycles. The number of hydrogen-bond acceptors (Lipinski definition) is 18. The van der Waals surface area contributed by atoms with Gasteiger partial charge in [-0.05, 0) is 64.2 Å². The van der Waals surface area contributed by atoms with E-state index in [0.29, 0.717) is 12.8 Å². The third-order valence-corrected chi connectivity index (χ3v) is 16.1. The van der Waals surface area contributed by atoms with E-state index in [2.05, 4.69) is 55.6 Å². The third kappa shape index (κ3) is 30.0. The Kier molecular flexibility index (Phi) is 42.3. The van der Waals surface area contributed by atoms with Crippen molar-refractivity contribution in [2.45, 2.75) is 324 Å². The van der Waals surface area contributed by atoms with E-state index in [4.69, 9.17) is 28.4 Å². The van der Waals surface area contributed by atoms with Gasteiger partial charge in [-0.25, -0.2) is 0 Å². The summed E-state index contributed by atoms with van der Waals surface area (Å²) >= 11 is 0. The molecule has 0 aliphatic carbocycles. The van der Waals surface area contributed by atoms with Crippen LogP contribution in [0, 0.1) is 0 Å². The number of unbranched alkanes of at least 4 members (excludes halogenated alkanes) is 26. The number of ether oxygens (including phenoxy) is 6. The van der Waals surface area contributed by atoms with E-state index in [9.17, 15) is 61.0 Å². The largest absolute Gasteiger partial charge is 0.394 e. The molecule has 0 aromatic carbocycles.